The zero-order chi connectivity index (χ0) is 19.1. The standard InChI is InChI=1S/C24H32N2/c1-17(2)15-23(25-21-13-9-7-11-19(21)5)24(16-18(3)4)26-22-14-10-8-12-20(22)6/h7-14,23-26H,1,3,15-16H2,2,4-6H3/t23-,24-/m0/s1. The fourth-order valence-electron chi connectivity index (χ4n) is 3.21. The molecule has 2 atom stereocenters. The van der Waals surface area contributed by atoms with Gasteiger partial charge in [-0.2, -0.15) is 0 Å². The van der Waals surface area contributed by atoms with Gasteiger partial charge < -0.3 is 10.6 Å². The van der Waals surface area contributed by atoms with Gasteiger partial charge >= 0.3 is 0 Å². The summed E-state index contributed by atoms with van der Waals surface area (Å²) >= 11 is 0. The number of rotatable bonds is 9. The quantitative estimate of drug-likeness (QED) is 0.506. The summed E-state index contributed by atoms with van der Waals surface area (Å²) in [4.78, 5) is 0. The van der Waals surface area contributed by atoms with E-state index >= 15 is 0 Å². The Kier molecular flexibility index (Phi) is 7.08. The van der Waals surface area contributed by atoms with Gasteiger partial charge in [0.1, 0.15) is 0 Å². The minimum absolute atomic E-state index is 0.227. The molecule has 0 aliphatic carbocycles. The lowest BCUT2D eigenvalue weighted by molar-refractivity contribution is 0.577. The molecule has 0 aliphatic rings. The Hall–Kier alpha value is -2.48. The minimum atomic E-state index is 0.227. The molecule has 0 spiro atoms. The van der Waals surface area contributed by atoms with Crippen LogP contribution in [-0.4, -0.2) is 12.1 Å². The molecule has 0 unspecified atom stereocenters. The van der Waals surface area contributed by atoms with Gasteiger partial charge in [0.25, 0.3) is 0 Å². The Bertz CT molecular complexity index is 695. The van der Waals surface area contributed by atoms with Crippen LogP contribution in [0.3, 0.4) is 0 Å². The van der Waals surface area contributed by atoms with Crippen molar-refractivity contribution in [3.8, 4) is 0 Å². The number of hydrogen-bond acceptors (Lipinski definition) is 2. The van der Waals surface area contributed by atoms with Crippen LogP contribution in [0.4, 0.5) is 11.4 Å². The molecule has 0 saturated heterocycles. The Morgan fingerprint density at radius 2 is 1.08 bits per heavy atom. The second kappa shape index (κ2) is 9.28. The molecule has 0 saturated carbocycles. The predicted molar refractivity (Wildman–Crippen MR) is 116 cm³/mol. The summed E-state index contributed by atoms with van der Waals surface area (Å²) in [5.74, 6) is 0. The highest BCUT2D eigenvalue weighted by atomic mass is 15.0. The lowest BCUT2D eigenvalue weighted by Gasteiger charge is -2.32. The van der Waals surface area contributed by atoms with E-state index in [1.54, 1.807) is 0 Å². The fraction of sp³-hybridized carbons (Fsp3) is 0.333. The maximum absolute atomic E-state index is 4.15. The van der Waals surface area contributed by atoms with Crippen LogP contribution in [0.5, 0.6) is 0 Å². The SMILES string of the molecule is C=C(C)C[C@H](Nc1ccccc1C)[C@H](CC(=C)C)Nc1ccccc1C. The maximum atomic E-state index is 4.15. The van der Waals surface area contributed by atoms with Crippen molar-refractivity contribution in [2.24, 2.45) is 0 Å². The first kappa shape index (κ1) is 19.8. The first-order valence-corrected chi connectivity index (χ1v) is 9.30. The van der Waals surface area contributed by atoms with Crippen LogP contribution in [0.15, 0.2) is 72.8 Å². The highest BCUT2D eigenvalue weighted by Crippen LogP contribution is 2.24. The summed E-state index contributed by atoms with van der Waals surface area (Å²) < 4.78 is 0. The van der Waals surface area contributed by atoms with Gasteiger partial charge in [-0.15, -0.1) is 13.2 Å². The van der Waals surface area contributed by atoms with Gasteiger partial charge in [-0.25, -0.2) is 0 Å². The molecule has 2 nitrogen and oxygen atoms in total. The van der Waals surface area contributed by atoms with E-state index < -0.39 is 0 Å². The molecule has 2 heteroatoms. The third-order valence-corrected chi connectivity index (χ3v) is 4.59. The molecule has 0 amide bonds. The monoisotopic (exact) mass is 348 g/mol. The fourth-order valence-corrected chi connectivity index (χ4v) is 3.21. The lowest BCUT2D eigenvalue weighted by atomic mass is 9.94. The van der Waals surface area contributed by atoms with Crippen molar-refractivity contribution in [2.45, 2.75) is 52.6 Å². The number of anilines is 2. The van der Waals surface area contributed by atoms with E-state index in [0.717, 1.165) is 12.8 Å². The molecule has 0 aromatic heterocycles. The van der Waals surface area contributed by atoms with Crippen molar-refractivity contribution in [1.82, 2.24) is 0 Å². The molecule has 26 heavy (non-hydrogen) atoms. The van der Waals surface area contributed by atoms with E-state index in [9.17, 15) is 0 Å². The summed E-state index contributed by atoms with van der Waals surface area (Å²) in [6.07, 6.45) is 1.82. The van der Waals surface area contributed by atoms with Gasteiger partial charge in [0.15, 0.2) is 0 Å². The van der Waals surface area contributed by atoms with Crippen molar-refractivity contribution in [3.05, 3.63) is 84.0 Å². The van der Waals surface area contributed by atoms with Crippen molar-refractivity contribution in [2.75, 3.05) is 10.6 Å². The van der Waals surface area contributed by atoms with Crippen LogP contribution in [0.2, 0.25) is 0 Å². The predicted octanol–water partition coefficient (Wildman–Crippen LogP) is 6.50. The Balaban J connectivity index is 2.31. The van der Waals surface area contributed by atoms with Crippen LogP contribution in [0.1, 0.15) is 37.8 Å². The van der Waals surface area contributed by atoms with E-state index in [-0.39, 0.29) is 12.1 Å². The normalized spacial score (nSPS) is 12.9. The highest BCUT2D eigenvalue weighted by Gasteiger charge is 2.22. The number of nitrogens with one attached hydrogen (secondary N) is 2. The highest BCUT2D eigenvalue weighted by molar-refractivity contribution is 5.54. The van der Waals surface area contributed by atoms with Crippen LogP contribution in [-0.2, 0) is 0 Å². The average molecular weight is 349 g/mol. The summed E-state index contributed by atoms with van der Waals surface area (Å²) in [6, 6.07) is 17.3. The van der Waals surface area contributed by atoms with Crippen LogP contribution in [0.25, 0.3) is 0 Å². The largest absolute Gasteiger partial charge is 0.380 e. The molecule has 2 aromatic rings. The molecule has 2 aromatic carbocycles. The molecular weight excluding hydrogens is 316 g/mol. The van der Waals surface area contributed by atoms with E-state index in [2.05, 4.69) is 100 Å². The van der Waals surface area contributed by atoms with E-state index in [1.807, 2.05) is 0 Å². The van der Waals surface area contributed by atoms with Gasteiger partial charge in [0.05, 0.1) is 12.1 Å². The third kappa shape index (κ3) is 5.80. The molecule has 2 rings (SSSR count). The first-order valence-electron chi connectivity index (χ1n) is 9.30. The molecule has 2 N–H and O–H groups in total. The van der Waals surface area contributed by atoms with E-state index in [1.165, 1.54) is 33.6 Å². The van der Waals surface area contributed by atoms with Crippen molar-refractivity contribution >= 4 is 11.4 Å². The van der Waals surface area contributed by atoms with Gasteiger partial charge in [-0.05, 0) is 63.8 Å². The second-order valence-electron chi connectivity index (χ2n) is 7.45. The van der Waals surface area contributed by atoms with Gasteiger partial charge in [0.2, 0.25) is 0 Å². The topological polar surface area (TPSA) is 24.1 Å². The Morgan fingerprint density at radius 3 is 1.38 bits per heavy atom. The van der Waals surface area contributed by atoms with Gasteiger partial charge in [-0.3, -0.25) is 0 Å². The minimum Gasteiger partial charge on any atom is -0.380 e. The van der Waals surface area contributed by atoms with E-state index in [4.69, 9.17) is 0 Å². The number of para-hydroxylation sites is 2. The lowest BCUT2D eigenvalue weighted by Crippen LogP contribution is -2.40. The summed E-state index contributed by atoms with van der Waals surface area (Å²) in [7, 11) is 0. The summed E-state index contributed by atoms with van der Waals surface area (Å²) in [6.45, 7) is 16.8. The molecule has 0 bridgehead atoms. The van der Waals surface area contributed by atoms with Crippen molar-refractivity contribution in [1.29, 1.82) is 0 Å². The average Bonchev–Trinajstić information content (AvgIpc) is 2.57. The van der Waals surface area contributed by atoms with Crippen LogP contribution >= 0.6 is 0 Å². The summed E-state index contributed by atoms with van der Waals surface area (Å²) in [5.41, 5.74) is 7.21. The molecule has 138 valence electrons. The Labute approximate surface area is 159 Å². The number of aryl methyl sites for hydroxylation is 2. The van der Waals surface area contributed by atoms with Crippen LogP contribution in [0, 0.1) is 13.8 Å². The van der Waals surface area contributed by atoms with E-state index in [0.29, 0.717) is 0 Å². The molecular formula is C24H32N2. The second-order valence-corrected chi connectivity index (χ2v) is 7.45. The van der Waals surface area contributed by atoms with Gasteiger partial charge in [-0.1, -0.05) is 47.5 Å². The third-order valence-electron chi connectivity index (χ3n) is 4.59. The zero-order valence-corrected chi connectivity index (χ0v) is 16.6. The van der Waals surface area contributed by atoms with Crippen molar-refractivity contribution in [3.63, 3.8) is 0 Å². The molecule has 0 heterocycles. The molecule has 0 fully saturated rings. The van der Waals surface area contributed by atoms with Crippen molar-refractivity contribution < 1.29 is 0 Å². The maximum Gasteiger partial charge on any atom is 0.0502 e. The molecule has 0 aliphatic heterocycles. The molecule has 0 radical (unpaired) electrons. The Morgan fingerprint density at radius 1 is 0.731 bits per heavy atom. The first-order chi connectivity index (χ1) is 12.4. The van der Waals surface area contributed by atoms with Crippen LogP contribution < -0.4 is 10.6 Å². The zero-order valence-electron chi connectivity index (χ0n) is 16.6. The smallest absolute Gasteiger partial charge is 0.0502 e. The van der Waals surface area contributed by atoms with Gasteiger partial charge in [0, 0.05) is 11.4 Å². The number of benzene rings is 2. The number of hydrogen-bond donors (Lipinski definition) is 2. The summed E-state index contributed by atoms with van der Waals surface area (Å²) in [5, 5.41) is 7.52.